The minimum absolute atomic E-state index is 0.261. The Kier molecular flexibility index (Phi) is 4.16. The number of hydrogen-bond acceptors (Lipinski definition) is 3. The van der Waals surface area contributed by atoms with Crippen molar-refractivity contribution < 1.29 is 8.78 Å². The van der Waals surface area contributed by atoms with Gasteiger partial charge >= 0.3 is 0 Å². The van der Waals surface area contributed by atoms with Gasteiger partial charge in [0, 0.05) is 49.4 Å². The van der Waals surface area contributed by atoms with Gasteiger partial charge in [-0.2, -0.15) is 0 Å². The Morgan fingerprint density at radius 2 is 1.82 bits per heavy atom. The van der Waals surface area contributed by atoms with E-state index >= 15 is 0 Å². The molecule has 0 bridgehead atoms. The van der Waals surface area contributed by atoms with Crippen molar-refractivity contribution >= 4 is 16.6 Å². The molecule has 4 nitrogen and oxygen atoms in total. The molecule has 2 aliphatic rings. The average Bonchev–Trinajstić information content (AvgIpc) is 3.54. The van der Waals surface area contributed by atoms with Crippen LogP contribution in [0.5, 0.6) is 0 Å². The summed E-state index contributed by atoms with van der Waals surface area (Å²) >= 11 is 0. The molecule has 2 aromatic carbocycles. The van der Waals surface area contributed by atoms with Gasteiger partial charge in [-0.05, 0) is 42.7 Å². The maximum atomic E-state index is 15.0. The number of benzene rings is 2. The fourth-order valence-electron chi connectivity index (χ4n) is 4.02. The van der Waals surface area contributed by atoms with Crippen molar-refractivity contribution in [2.24, 2.45) is 0 Å². The van der Waals surface area contributed by atoms with Crippen molar-refractivity contribution in [3.8, 4) is 11.1 Å². The summed E-state index contributed by atoms with van der Waals surface area (Å²) in [4.78, 5) is 15.2. The van der Waals surface area contributed by atoms with Crippen LogP contribution in [0.15, 0.2) is 47.4 Å². The molecule has 2 fully saturated rings. The lowest BCUT2D eigenvalue weighted by Crippen LogP contribution is -2.43. The molecule has 2 heterocycles. The van der Waals surface area contributed by atoms with Crippen LogP contribution >= 0.6 is 0 Å². The van der Waals surface area contributed by atoms with E-state index in [-0.39, 0.29) is 11.2 Å². The second-order valence-corrected chi connectivity index (χ2v) is 7.58. The number of rotatable bonds is 3. The van der Waals surface area contributed by atoms with Gasteiger partial charge in [0.2, 0.25) is 0 Å². The van der Waals surface area contributed by atoms with Crippen molar-refractivity contribution in [1.82, 2.24) is 9.88 Å². The second-order valence-electron chi connectivity index (χ2n) is 7.58. The van der Waals surface area contributed by atoms with E-state index in [4.69, 9.17) is 0 Å². The van der Waals surface area contributed by atoms with E-state index in [0.29, 0.717) is 28.2 Å². The number of nitrogens with zero attached hydrogens (tertiary/aromatic N) is 2. The third-order valence-corrected chi connectivity index (χ3v) is 5.63. The van der Waals surface area contributed by atoms with Crippen LogP contribution in [0.4, 0.5) is 14.5 Å². The number of hydrogen-bond donors (Lipinski definition) is 1. The maximum Gasteiger partial charge on any atom is 0.197 e. The predicted molar refractivity (Wildman–Crippen MR) is 107 cm³/mol. The lowest BCUT2D eigenvalue weighted by atomic mass is 10.0. The highest BCUT2D eigenvalue weighted by atomic mass is 19.1. The van der Waals surface area contributed by atoms with E-state index in [1.165, 1.54) is 18.2 Å². The van der Waals surface area contributed by atoms with Crippen LogP contribution in [0.1, 0.15) is 18.9 Å². The fraction of sp³-hybridized carbons (Fsp3) is 0.318. The molecule has 0 radical (unpaired) electrons. The Hall–Kier alpha value is -2.73. The molecule has 0 spiro atoms. The van der Waals surface area contributed by atoms with Gasteiger partial charge < -0.3 is 14.8 Å². The SMILES string of the molecule is O=c1c(-c2cccc(F)c2)cn(C2CC2)c2cc(N3CCNCC3)c(F)cc12. The Morgan fingerprint density at radius 3 is 2.54 bits per heavy atom. The number of pyridine rings is 1. The first-order chi connectivity index (χ1) is 13.6. The normalized spacial score (nSPS) is 17.3. The van der Waals surface area contributed by atoms with Gasteiger partial charge in [0.05, 0.1) is 11.2 Å². The van der Waals surface area contributed by atoms with Crippen LogP contribution in [-0.2, 0) is 0 Å². The topological polar surface area (TPSA) is 37.3 Å². The second kappa shape index (κ2) is 6.71. The first-order valence-electron chi connectivity index (χ1n) is 9.72. The van der Waals surface area contributed by atoms with Crippen molar-refractivity contribution in [2.75, 3.05) is 31.1 Å². The molecule has 1 aliphatic carbocycles. The Labute approximate surface area is 161 Å². The van der Waals surface area contributed by atoms with Crippen LogP contribution in [0.3, 0.4) is 0 Å². The number of anilines is 1. The maximum absolute atomic E-state index is 15.0. The molecule has 1 saturated heterocycles. The summed E-state index contributed by atoms with van der Waals surface area (Å²) < 4.78 is 30.7. The Bertz CT molecular complexity index is 1110. The summed E-state index contributed by atoms with van der Waals surface area (Å²) in [5.74, 6) is -0.777. The van der Waals surface area contributed by atoms with E-state index in [1.807, 2.05) is 17.2 Å². The van der Waals surface area contributed by atoms with Gasteiger partial charge in [-0.15, -0.1) is 0 Å². The number of aromatic nitrogens is 1. The minimum atomic E-state index is -0.393. The summed E-state index contributed by atoms with van der Waals surface area (Å²) in [5.41, 5.74) is 1.97. The molecule has 144 valence electrons. The summed E-state index contributed by atoms with van der Waals surface area (Å²) in [6.45, 7) is 3.09. The largest absolute Gasteiger partial charge is 0.367 e. The van der Waals surface area contributed by atoms with Crippen molar-refractivity contribution in [2.45, 2.75) is 18.9 Å². The average molecular weight is 381 g/mol. The van der Waals surface area contributed by atoms with Gasteiger partial charge in [0.25, 0.3) is 0 Å². The van der Waals surface area contributed by atoms with E-state index in [2.05, 4.69) is 9.88 Å². The highest BCUT2D eigenvalue weighted by molar-refractivity contribution is 5.87. The first-order valence-corrected chi connectivity index (χ1v) is 9.72. The van der Waals surface area contributed by atoms with E-state index < -0.39 is 5.82 Å². The molecule has 1 N–H and O–H groups in total. The van der Waals surface area contributed by atoms with Gasteiger partial charge in [0.15, 0.2) is 5.43 Å². The molecule has 0 amide bonds. The molecule has 1 saturated carbocycles. The lowest BCUT2D eigenvalue weighted by molar-refractivity contribution is 0.567. The molecule has 1 aromatic heterocycles. The molecule has 0 unspecified atom stereocenters. The summed E-state index contributed by atoms with van der Waals surface area (Å²) in [6.07, 6.45) is 3.87. The summed E-state index contributed by atoms with van der Waals surface area (Å²) in [7, 11) is 0. The summed E-state index contributed by atoms with van der Waals surface area (Å²) in [6, 6.07) is 9.48. The van der Waals surface area contributed by atoms with Crippen LogP contribution in [-0.4, -0.2) is 30.7 Å². The zero-order valence-corrected chi connectivity index (χ0v) is 15.4. The van der Waals surface area contributed by atoms with Gasteiger partial charge in [-0.25, -0.2) is 8.78 Å². The lowest BCUT2D eigenvalue weighted by Gasteiger charge is -2.30. The Morgan fingerprint density at radius 1 is 1.04 bits per heavy atom. The van der Waals surface area contributed by atoms with Gasteiger partial charge in [-0.3, -0.25) is 4.79 Å². The third-order valence-electron chi connectivity index (χ3n) is 5.63. The van der Waals surface area contributed by atoms with Crippen LogP contribution in [0, 0.1) is 11.6 Å². The van der Waals surface area contributed by atoms with E-state index in [0.717, 1.165) is 44.5 Å². The molecule has 5 rings (SSSR count). The zero-order chi connectivity index (χ0) is 19.3. The van der Waals surface area contributed by atoms with Crippen molar-refractivity contribution in [1.29, 1.82) is 0 Å². The van der Waals surface area contributed by atoms with Crippen molar-refractivity contribution in [3.63, 3.8) is 0 Å². The number of piperazine rings is 1. The van der Waals surface area contributed by atoms with Crippen LogP contribution in [0.25, 0.3) is 22.0 Å². The smallest absolute Gasteiger partial charge is 0.197 e. The first kappa shape index (κ1) is 17.4. The van der Waals surface area contributed by atoms with Crippen LogP contribution < -0.4 is 15.6 Å². The number of fused-ring (bicyclic) bond motifs is 1. The van der Waals surface area contributed by atoms with E-state index in [1.54, 1.807) is 12.1 Å². The molecule has 28 heavy (non-hydrogen) atoms. The molecule has 0 atom stereocenters. The quantitative estimate of drug-likeness (QED) is 0.752. The highest BCUT2D eigenvalue weighted by Gasteiger charge is 2.27. The molecule has 1 aliphatic heterocycles. The van der Waals surface area contributed by atoms with Crippen molar-refractivity contribution in [3.05, 3.63) is 64.5 Å². The molecule has 3 aromatic rings. The number of halogens is 2. The minimum Gasteiger partial charge on any atom is -0.367 e. The standard InChI is InChI=1S/C22H21F2N3O/c23-15-3-1-2-14(10-15)18-13-27(16-4-5-16)20-12-21(26-8-6-25-7-9-26)19(24)11-17(20)22(18)28/h1-3,10-13,16,25H,4-9H2. The zero-order valence-electron chi connectivity index (χ0n) is 15.4. The highest BCUT2D eigenvalue weighted by Crippen LogP contribution is 2.39. The fourth-order valence-corrected chi connectivity index (χ4v) is 4.02. The third kappa shape index (κ3) is 2.98. The number of nitrogens with one attached hydrogen (secondary N) is 1. The monoisotopic (exact) mass is 381 g/mol. The molecule has 6 heteroatoms. The van der Waals surface area contributed by atoms with Crippen LogP contribution in [0.2, 0.25) is 0 Å². The van der Waals surface area contributed by atoms with E-state index in [9.17, 15) is 13.6 Å². The summed E-state index contributed by atoms with van der Waals surface area (Å²) in [5, 5.41) is 3.62. The van der Waals surface area contributed by atoms with Gasteiger partial charge in [-0.1, -0.05) is 12.1 Å². The van der Waals surface area contributed by atoms with Gasteiger partial charge in [0.1, 0.15) is 11.6 Å². The predicted octanol–water partition coefficient (Wildman–Crippen LogP) is 3.69. The molecular formula is C22H21F2N3O. The Balaban J connectivity index is 1.73. The molecular weight excluding hydrogens is 360 g/mol.